The molecule has 0 saturated carbocycles. The van der Waals surface area contributed by atoms with Crippen molar-refractivity contribution < 1.29 is 147 Å². The number of phenols is 2. The second kappa shape index (κ2) is 55.4. The number of H-pyrrole nitrogens is 1. The van der Waals surface area contributed by atoms with Gasteiger partial charge in [-0.2, -0.15) is 11.8 Å². The van der Waals surface area contributed by atoms with E-state index in [9.17, 15) is 147 Å². The number of para-hydroxylation sites is 1. The molecule has 3 aromatic carbocycles. The lowest BCUT2D eigenvalue weighted by Crippen LogP contribution is -2.63. The second-order valence-corrected chi connectivity index (χ2v) is 32.3. The number of primary amides is 1. The van der Waals surface area contributed by atoms with E-state index in [4.69, 9.17) is 11.5 Å². The van der Waals surface area contributed by atoms with E-state index < -0.39 is 305 Å². The molecule has 133 heavy (non-hydrogen) atoms. The van der Waals surface area contributed by atoms with Gasteiger partial charge in [-0.25, -0.2) is 4.79 Å². The van der Waals surface area contributed by atoms with Crippen molar-refractivity contribution in [3.8, 4) is 11.5 Å². The average Bonchev–Trinajstić information content (AvgIpc) is 1.70. The Labute approximate surface area is 764 Å². The Morgan fingerprint density at radius 2 is 0.744 bits per heavy atom. The van der Waals surface area contributed by atoms with Crippen molar-refractivity contribution in [3.05, 3.63) is 95.7 Å². The van der Waals surface area contributed by atoms with Crippen LogP contribution in [0.3, 0.4) is 0 Å². The van der Waals surface area contributed by atoms with Crippen LogP contribution >= 0.6 is 11.8 Å². The van der Waals surface area contributed by atoms with Gasteiger partial charge in [0.1, 0.15) is 102 Å². The highest BCUT2D eigenvalue weighted by Crippen LogP contribution is 2.21. The Hall–Kier alpha value is -13.7. The first kappa shape index (κ1) is 112. The summed E-state index contributed by atoms with van der Waals surface area (Å²) in [5, 5.41) is 140. The Kier molecular flexibility index (Phi) is 46.5. The molecular weight excluding hydrogens is 1780 g/mol. The fourth-order valence-corrected chi connectivity index (χ4v) is 13.1. The molecule has 51 heteroatoms. The van der Waals surface area contributed by atoms with Gasteiger partial charge in [0.25, 0.3) is 0 Å². The molecule has 32 N–H and O–H groups in total. The number of benzene rings is 3. The summed E-state index contributed by atoms with van der Waals surface area (Å²) in [6.07, 6.45) is -4.02. The van der Waals surface area contributed by atoms with E-state index in [0.29, 0.717) is 22.0 Å². The van der Waals surface area contributed by atoms with Gasteiger partial charge in [0, 0.05) is 42.8 Å². The summed E-state index contributed by atoms with van der Waals surface area (Å²) in [6.45, 7) is 2.10. The molecule has 0 saturated heterocycles. The van der Waals surface area contributed by atoms with Crippen molar-refractivity contribution in [1.82, 2.24) is 95.4 Å². The summed E-state index contributed by atoms with van der Waals surface area (Å²) in [4.78, 5) is 273. The molecule has 50 nitrogen and oxygen atoms in total. The minimum Gasteiger partial charge on any atom is -0.508 e. The fourth-order valence-electron chi connectivity index (χ4n) is 12.6. The highest BCUT2D eigenvalue weighted by Gasteiger charge is 2.41. The number of carbonyl (C=O) groups excluding carboxylic acids is 18. The van der Waals surface area contributed by atoms with Crippen molar-refractivity contribution in [2.45, 2.75) is 196 Å². The van der Waals surface area contributed by atoms with Crippen LogP contribution in [0.1, 0.15) is 90.8 Å². The van der Waals surface area contributed by atoms with Crippen molar-refractivity contribution in [3.63, 3.8) is 0 Å². The van der Waals surface area contributed by atoms with Crippen LogP contribution in [0.25, 0.3) is 10.9 Å². The number of hydrogen-bond donors (Lipinski definition) is 30. The number of aromatic hydroxyl groups is 2. The molecule has 17 atom stereocenters. The van der Waals surface area contributed by atoms with Crippen LogP contribution in [0.15, 0.2) is 79.0 Å². The molecule has 4 rings (SSSR count). The highest BCUT2D eigenvalue weighted by molar-refractivity contribution is 7.98. The van der Waals surface area contributed by atoms with Crippen LogP contribution in [0.2, 0.25) is 0 Å². The Morgan fingerprint density at radius 3 is 1.21 bits per heavy atom. The van der Waals surface area contributed by atoms with Crippen LogP contribution in [0.4, 0.5) is 0 Å². The normalized spacial score (nSPS) is 15.0. The monoisotopic (exact) mass is 1890 g/mol. The van der Waals surface area contributed by atoms with Crippen molar-refractivity contribution >= 4 is 141 Å². The van der Waals surface area contributed by atoms with Crippen molar-refractivity contribution in [2.24, 2.45) is 23.3 Å². The molecular formula is C82H118N20O30S. The summed E-state index contributed by atoms with van der Waals surface area (Å²) >= 11 is 1.21. The highest BCUT2D eigenvalue weighted by atomic mass is 32.2. The van der Waals surface area contributed by atoms with Crippen LogP contribution in [0, 0.1) is 11.8 Å². The molecule has 1 aromatic heterocycles. The number of aliphatic carboxylic acids is 2. The smallest absolute Gasteiger partial charge is 0.328 e. The lowest BCUT2D eigenvalue weighted by Gasteiger charge is -2.30. The Bertz CT molecular complexity index is 4730. The number of nitrogens with one attached hydrogen (secondary N) is 18. The van der Waals surface area contributed by atoms with E-state index in [1.165, 1.54) is 101 Å². The number of thioether (sulfide) groups is 1. The molecule has 0 fully saturated rings. The number of aromatic nitrogens is 1. The molecule has 0 spiro atoms. The number of nitrogens with two attached hydrogens (primary N) is 2. The first-order valence-electron chi connectivity index (χ1n) is 41.6. The molecule has 0 radical (unpaired) electrons. The molecule has 732 valence electrons. The minimum absolute atomic E-state index is 0.141. The van der Waals surface area contributed by atoms with Crippen molar-refractivity contribution in [1.29, 1.82) is 0 Å². The van der Waals surface area contributed by atoms with E-state index in [1.807, 2.05) is 5.32 Å². The maximum atomic E-state index is 14.9. The summed E-state index contributed by atoms with van der Waals surface area (Å²) in [5.41, 5.74) is 12.3. The number of aliphatic hydroxyl groups is 6. The van der Waals surface area contributed by atoms with Gasteiger partial charge in [-0.3, -0.25) is 91.1 Å². The zero-order valence-corrected chi connectivity index (χ0v) is 74.6. The topological polar surface area (TPSA) is 816 Å². The zero-order chi connectivity index (χ0) is 99.8. The van der Waals surface area contributed by atoms with Gasteiger partial charge in [0.2, 0.25) is 106 Å². The van der Waals surface area contributed by atoms with Crippen LogP contribution in [0.5, 0.6) is 11.5 Å². The predicted molar refractivity (Wildman–Crippen MR) is 468 cm³/mol. The number of phenolic OH excluding ortho intramolecular Hbond substituents is 2. The summed E-state index contributed by atoms with van der Waals surface area (Å²) in [6, 6.07) is -8.91. The SMILES string of the molecule is CSCC[C@H](NC(=O)[C@H](C)NC(=O)[C@H](Cc1ccc(O)cc1)NC(=O)[C@H](CO)NC(=O)CN)C(=O)N[C@@H](CC(=O)O)C(=O)N[C@@H](Cc1ccc(O)cc1)C(=O)N[C@@H](Cc1c[nH]c2ccccc12)C(=O)NCC(=O)N[C@@H](CCC(N)=O)C(=O)NCC(=O)N[C@H](C(=O)N[C@@H](CO)C(=O)N[C@H](C(=O)N[C@H](C(=O)N[C@H](C(=O)N[C@@H](CO)C(=O)N[C@@H](CO)C(=O)O)C(C)C)[C@@H](C)O)C(C)C)[C@@H](C)O. The van der Waals surface area contributed by atoms with E-state index in [1.54, 1.807) is 30.5 Å². The largest absolute Gasteiger partial charge is 0.508 e. The van der Waals surface area contributed by atoms with E-state index in [2.05, 4.69) is 90.1 Å². The number of aliphatic hydroxyl groups excluding tert-OH is 6. The zero-order valence-electron chi connectivity index (χ0n) is 73.8. The van der Waals surface area contributed by atoms with Gasteiger partial charge in [0.15, 0.2) is 0 Å². The average molecular weight is 1900 g/mol. The number of rotatable bonds is 57. The van der Waals surface area contributed by atoms with Crippen molar-refractivity contribution in [2.75, 3.05) is 58.1 Å². The Morgan fingerprint density at radius 1 is 0.383 bits per heavy atom. The van der Waals surface area contributed by atoms with Crippen LogP contribution in [-0.2, 0) is 115 Å². The third-order valence-electron chi connectivity index (χ3n) is 20.0. The fraction of sp³-hybridized carbons (Fsp3) is 0.512. The third-order valence-corrected chi connectivity index (χ3v) is 20.7. The summed E-state index contributed by atoms with van der Waals surface area (Å²) in [7, 11) is 0. The first-order valence-corrected chi connectivity index (χ1v) is 43.0. The number of carbonyl (C=O) groups is 20. The maximum Gasteiger partial charge on any atom is 0.328 e. The second-order valence-electron chi connectivity index (χ2n) is 31.3. The van der Waals surface area contributed by atoms with Crippen LogP contribution in [-0.4, -0.2) is 335 Å². The molecule has 0 bridgehead atoms. The molecule has 4 aromatic rings. The summed E-state index contributed by atoms with van der Waals surface area (Å²) < 4.78 is 0. The van der Waals surface area contributed by atoms with Gasteiger partial charge in [-0.1, -0.05) is 70.2 Å². The van der Waals surface area contributed by atoms with E-state index in [0.717, 1.165) is 13.8 Å². The lowest BCUT2D eigenvalue weighted by molar-refractivity contribution is -0.144. The van der Waals surface area contributed by atoms with E-state index >= 15 is 0 Å². The molecule has 0 aliphatic carbocycles. The van der Waals surface area contributed by atoms with Gasteiger partial charge in [0.05, 0.1) is 64.7 Å². The van der Waals surface area contributed by atoms with E-state index in [-0.39, 0.29) is 42.1 Å². The predicted octanol–water partition coefficient (Wildman–Crippen LogP) is -11.3. The molecule has 18 amide bonds. The number of amides is 18. The van der Waals surface area contributed by atoms with Gasteiger partial charge >= 0.3 is 11.9 Å². The number of fused-ring (bicyclic) bond motifs is 1. The van der Waals surface area contributed by atoms with Crippen LogP contribution < -0.4 is 102 Å². The number of hydrogen-bond acceptors (Lipinski definition) is 30. The minimum atomic E-state index is -2.05. The number of carboxylic acids is 2. The lowest BCUT2D eigenvalue weighted by atomic mass is 10.00. The van der Waals surface area contributed by atoms with Gasteiger partial charge in [-0.15, -0.1) is 0 Å². The standard InChI is InChI=1S/C82H118N20O30S/c1-37(2)64(78(127)96-56(34-104)76(125)98-58(36-106)82(131)132)101-81(130)67(41(7)108)102-79(128)65(38(3)4)100-77(126)57(35-105)97-80(129)66(40(6)107)99-62(114)32-86-69(118)49(21-22-59(84)111)89-61(113)31-87-70(119)53(27-44-30-85-48-12-10-9-11-47(44)48)94-73(122)52(26-43-15-19-46(110)20-16-43)92-74(123)54(28-63(115)116)95-71(120)50(23-24-133-8)91-68(117)39(5)88-72(121)51(25-42-13-17-45(109)18-14-42)93-75(124)55(33-103)90-60(112)29-83/h9-20,30,37-41,49-58,64-67,85,103-110H,21-29,31-36,83H2,1-8H3,(H2,84,111)(H,86,118)(H,87,119)(H,88,121)(H,89,113)(H,90,112)(H,91,117)(H,92,123)(H,93,124)(H,94,122)(H,95,120)(H,96,127)(H,97,129)(H,98,125)(H,99,114)(H,100,126)(H,101,130)(H,102,128)(H,115,116)(H,131,132)/t39-,40+,41+,49-,50-,51-,52-,53-,54-,55-,56-,57-,58-,64-,65-,66-,67-/m0/s1. The number of carboxylic acid groups (broad SMARTS) is 2. The molecule has 0 aliphatic rings. The first-order chi connectivity index (χ1) is 62.7. The molecule has 0 aliphatic heterocycles. The number of aromatic amines is 1. The van der Waals surface area contributed by atoms with Gasteiger partial charge < -0.3 is 158 Å². The summed E-state index contributed by atoms with van der Waals surface area (Å²) in [5.74, 6) is -25.6. The maximum absolute atomic E-state index is 14.9. The molecule has 1 heterocycles. The Balaban J connectivity index is 1.52. The third kappa shape index (κ3) is 37.2. The molecule has 0 unspecified atom stereocenters. The van der Waals surface area contributed by atoms with Gasteiger partial charge in [-0.05, 0) is 104 Å². The quantitative estimate of drug-likeness (QED) is 0.0195.